The van der Waals surface area contributed by atoms with E-state index in [1.165, 1.54) is 18.5 Å². The molecule has 0 N–H and O–H groups in total. The van der Waals surface area contributed by atoms with Crippen molar-refractivity contribution in [2.75, 3.05) is 18.0 Å². The average Bonchev–Trinajstić information content (AvgIpc) is 2.91. The molecule has 0 amide bonds. The van der Waals surface area contributed by atoms with E-state index in [1.807, 2.05) is 18.2 Å². The van der Waals surface area contributed by atoms with Crippen LogP contribution < -0.4 is 4.90 Å². The van der Waals surface area contributed by atoms with Crippen LogP contribution in [0, 0.1) is 0 Å². The third kappa shape index (κ3) is 1.68. The van der Waals surface area contributed by atoms with Crippen molar-refractivity contribution >= 4 is 22.7 Å². The van der Waals surface area contributed by atoms with E-state index in [0.717, 1.165) is 30.1 Å². The lowest BCUT2D eigenvalue weighted by Crippen LogP contribution is -2.17. The number of aldehydes is 1. The van der Waals surface area contributed by atoms with Crippen LogP contribution in [0.25, 0.3) is 10.8 Å². The Hall–Kier alpha value is -1.90. The molecule has 0 saturated carbocycles. The molecule has 1 aliphatic rings. The van der Waals surface area contributed by atoms with Crippen LogP contribution in [0.2, 0.25) is 0 Å². The Labute approximate surface area is 100 Å². The summed E-state index contributed by atoms with van der Waals surface area (Å²) in [6.07, 6.45) is 5.05. The number of hydrogen-bond acceptors (Lipinski definition) is 3. The van der Waals surface area contributed by atoms with Crippen molar-refractivity contribution in [3.05, 3.63) is 36.2 Å². The molecule has 1 saturated heterocycles. The van der Waals surface area contributed by atoms with E-state index in [9.17, 15) is 4.79 Å². The fourth-order valence-electron chi connectivity index (χ4n) is 2.54. The molecular formula is C14H14N2O. The fraction of sp³-hybridized carbons (Fsp3) is 0.286. The summed E-state index contributed by atoms with van der Waals surface area (Å²) in [5.41, 5.74) is 1.76. The molecule has 3 rings (SSSR count). The molecule has 0 radical (unpaired) electrons. The maximum atomic E-state index is 11.0. The van der Waals surface area contributed by atoms with Gasteiger partial charge in [-0.1, -0.05) is 12.1 Å². The summed E-state index contributed by atoms with van der Waals surface area (Å²) >= 11 is 0. The second kappa shape index (κ2) is 4.17. The van der Waals surface area contributed by atoms with Crippen molar-refractivity contribution < 1.29 is 4.79 Å². The minimum atomic E-state index is 0.531. The molecule has 0 bridgehead atoms. The van der Waals surface area contributed by atoms with Gasteiger partial charge in [-0.2, -0.15) is 0 Å². The Balaban J connectivity index is 2.21. The first-order chi connectivity index (χ1) is 8.40. The van der Waals surface area contributed by atoms with Gasteiger partial charge in [0, 0.05) is 35.7 Å². The predicted octanol–water partition coefficient (Wildman–Crippen LogP) is 2.65. The molecule has 1 aromatic heterocycles. The lowest BCUT2D eigenvalue weighted by atomic mass is 10.1. The number of carbonyl (C=O) groups excluding carboxylic acids is 1. The highest BCUT2D eigenvalue weighted by Crippen LogP contribution is 2.29. The van der Waals surface area contributed by atoms with Gasteiger partial charge in [0.25, 0.3) is 0 Å². The highest BCUT2D eigenvalue weighted by atomic mass is 16.1. The third-order valence-corrected chi connectivity index (χ3v) is 3.37. The molecule has 3 nitrogen and oxygen atoms in total. The monoisotopic (exact) mass is 226 g/mol. The second-order valence-electron chi connectivity index (χ2n) is 4.38. The van der Waals surface area contributed by atoms with Gasteiger partial charge in [0.05, 0.1) is 0 Å². The van der Waals surface area contributed by atoms with E-state index >= 15 is 0 Å². The van der Waals surface area contributed by atoms with E-state index in [2.05, 4.69) is 16.0 Å². The minimum Gasteiger partial charge on any atom is -0.371 e. The fourth-order valence-corrected chi connectivity index (χ4v) is 2.54. The summed E-state index contributed by atoms with van der Waals surface area (Å²) in [5.74, 6) is 0. The maximum absolute atomic E-state index is 11.0. The number of hydrogen-bond donors (Lipinski definition) is 0. The van der Waals surface area contributed by atoms with Gasteiger partial charge in [-0.15, -0.1) is 0 Å². The zero-order valence-corrected chi connectivity index (χ0v) is 9.60. The summed E-state index contributed by atoms with van der Waals surface area (Å²) in [7, 11) is 0. The zero-order chi connectivity index (χ0) is 11.7. The van der Waals surface area contributed by atoms with Gasteiger partial charge in [-0.05, 0) is 25.0 Å². The molecule has 1 fully saturated rings. The molecule has 0 unspecified atom stereocenters. The standard InChI is InChI=1S/C14H14N2O/c17-10-13-11-4-3-5-14(12(11)6-7-15-13)16-8-1-2-9-16/h3-7,10H,1-2,8-9H2. The number of benzene rings is 1. The Kier molecular flexibility index (Phi) is 2.52. The topological polar surface area (TPSA) is 33.2 Å². The van der Waals surface area contributed by atoms with E-state index in [-0.39, 0.29) is 0 Å². The summed E-state index contributed by atoms with van der Waals surface area (Å²) in [4.78, 5) is 17.5. The van der Waals surface area contributed by atoms with Crippen LogP contribution in [0.5, 0.6) is 0 Å². The van der Waals surface area contributed by atoms with Crippen molar-refractivity contribution in [2.24, 2.45) is 0 Å². The molecule has 0 spiro atoms. The van der Waals surface area contributed by atoms with E-state index in [0.29, 0.717) is 5.69 Å². The number of carbonyl (C=O) groups is 1. The Morgan fingerprint density at radius 3 is 2.71 bits per heavy atom. The molecule has 2 aromatic rings. The highest BCUT2D eigenvalue weighted by molar-refractivity contribution is 6.02. The van der Waals surface area contributed by atoms with Crippen LogP contribution in [0.4, 0.5) is 5.69 Å². The Morgan fingerprint density at radius 1 is 1.12 bits per heavy atom. The first-order valence-corrected chi connectivity index (χ1v) is 5.98. The quantitative estimate of drug-likeness (QED) is 0.738. The summed E-state index contributed by atoms with van der Waals surface area (Å²) < 4.78 is 0. The van der Waals surface area contributed by atoms with E-state index in [1.54, 1.807) is 6.20 Å². The van der Waals surface area contributed by atoms with Gasteiger partial charge in [0.15, 0.2) is 6.29 Å². The van der Waals surface area contributed by atoms with E-state index < -0.39 is 0 Å². The van der Waals surface area contributed by atoms with Crippen LogP contribution in [0.15, 0.2) is 30.5 Å². The van der Waals surface area contributed by atoms with Crippen LogP contribution >= 0.6 is 0 Å². The highest BCUT2D eigenvalue weighted by Gasteiger charge is 2.15. The summed E-state index contributed by atoms with van der Waals surface area (Å²) in [5, 5.41) is 2.08. The van der Waals surface area contributed by atoms with E-state index in [4.69, 9.17) is 0 Å². The molecule has 1 aromatic carbocycles. The Bertz CT molecular complexity index is 559. The molecule has 2 heterocycles. The molecule has 0 aliphatic carbocycles. The zero-order valence-electron chi connectivity index (χ0n) is 9.60. The van der Waals surface area contributed by atoms with Crippen molar-refractivity contribution in [1.29, 1.82) is 0 Å². The van der Waals surface area contributed by atoms with Crippen LogP contribution in [-0.4, -0.2) is 24.4 Å². The first-order valence-electron chi connectivity index (χ1n) is 5.98. The van der Waals surface area contributed by atoms with Crippen molar-refractivity contribution in [2.45, 2.75) is 12.8 Å². The number of anilines is 1. The summed E-state index contributed by atoms with van der Waals surface area (Å²) in [6.45, 7) is 2.22. The Morgan fingerprint density at radius 2 is 1.94 bits per heavy atom. The van der Waals surface area contributed by atoms with Crippen LogP contribution in [-0.2, 0) is 0 Å². The van der Waals surface area contributed by atoms with Gasteiger partial charge < -0.3 is 4.90 Å². The number of nitrogens with zero attached hydrogens (tertiary/aromatic N) is 2. The maximum Gasteiger partial charge on any atom is 0.169 e. The molecular weight excluding hydrogens is 212 g/mol. The normalized spacial score (nSPS) is 15.4. The predicted molar refractivity (Wildman–Crippen MR) is 68.6 cm³/mol. The molecule has 1 aliphatic heterocycles. The van der Waals surface area contributed by atoms with Crippen LogP contribution in [0.3, 0.4) is 0 Å². The second-order valence-corrected chi connectivity index (χ2v) is 4.38. The molecule has 17 heavy (non-hydrogen) atoms. The van der Waals surface area contributed by atoms with Gasteiger partial charge in [0.1, 0.15) is 5.69 Å². The number of aromatic nitrogens is 1. The number of rotatable bonds is 2. The van der Waals surface area contributed by atoms with Gasteiger partial charge in [0.2, 0.25) is 0 Å². The van der Waals surface area contributed by atoms with Crippen molar-refractivity contribution in [3.8, 4) is 0 Å². The smallest absolute Gasteiger partial charge is 0.169 e. The van der Waals surface area contributed by atoms with Gasteiger partial charge in [-0.3, -0.25) is 9.78 Å². The van der Waals surface area contributed by atoms with Crippen LogP contribution in [0.1, 0.15) is 23.3 Å². The van der Waals surface area contributed by atoms with Crippen molar-refractivity contribution in [1.82, 2.24) is 4.98 Å². The lowest BCUT2D eigenvalue weighted by molar-refractivity contribution is 0.112. The third-order valence-electron chi connectivity index (χ3n) is 3.37. The molecule has 0 atom stereocenters. The summed E-state index contributed by atoms with van der Waals surface area (Å²) in [6, 6.07) is 8.09. The van der Waals surface area contributed by atoms with Crippen molar-refractivity contribution in [3.63, 3.8) is 0 Å². The number of pyridine rings is 1. The molecule has 86 valence electrons. The average molecular weight is 226 g/mol. The minimum absolute atomic E-state index is 0.531. The largest absolute Gasteiger partial charge is 0.371 e. The lowest BCUT2D eigenvalue weighted by Gasteiger charge is -2.19. The number of fused-ring (bicyclic) bond motifs is 1. The van der Waals surface area contributed by atoms with Gasteiger partial charge >= 0.3 is 0 Å². The van der Waals surface area contributed by atoms with Gasteiger partial charge in [-0.25, -0.2) is 0 Å². The SMILES string of the molecule is O=Cc1nccc2c(N3CCCC3)cccc12. The first kappa shape index (κ1) is 10.3. The molecule has 3 heteroatoms.